The number of urea groups is 1. The van der Waals surface area contributed by atoms with Crippen molar-refractivity contribution >= 4 is 22.9 Å². The monoisotopic (exact) mass is 399 g/mol. The highest BCUT2D eigenvalue weighted by molar-refractivity contribution is 6.01. The lowest BCUT2D eigenvalue weighted by Gasteiger charge is -2.15. The number of halogens is 3. The van der Waals surface area contributed by atoms with Gasteiger partial charge >= 0.3 is 12.2 Å². The van der Waals surface area contributed by atoms with Crippen molar-refractivity contribution in [3.63, 3.8) is 0 Å². The van der Waals surface area contributed by atoms with Crippen LogP contribution in [0.25, 0.3) is 11.0 Å². The Labute approximate surface area is 159 Å². The van der Waals surface area contributed by atoms with Crippen molar-refractivity contribution < 1.29 is 32.0 Å². The number of fused-ring (bicyclic) bond motifs is 1. The first-order valence-corrected chi connectivity index (χ1v) is 8.90. The van der Waals surface area contributed by atoms with Crippen molar-refractivity contribution in [2.24, 2.45) is 0 Å². The Hall–Kier alpha value is -2.78. The van der Waals surface area contributed by atoms with E-state index in [2.05, 4.69) is 5.16 Å². The molecule has 3 rings (SSSR count). The minimum absolute atomic E-state index is 0.0596. The van der Waals surface area contributed by atoms with Crippen LogP contribution in [0.1, 0.15) is 31.0 Å². The Morgan fingerprint density at radius 2 is 2.04 bits per heavy atom. The number of hydrogen-bond acceptors (Lipinski definition) is 5. The molecule has 28 heavy (non-hydrogen) atoms. The molecule has 1 fully saturated rings. The maximum absolute atomic E-state index is 13.0. The summed E-state index contributed by atoms with van der Waals surface area (Å²) >= 11 is 0. The van der Waals surface area contributed by atoms with Crippen LogP contribution < -0.4 is 4.74 Å². The summed E-state index contributed by atoms with van der Waals surface area (Å²) in [5, 5.41) is 3.08. The predicted molar refractivity (Wildman–Crippen MR) is 92.9 cm³/mol. The first kappa shape index (κ1) is 20.0. The van der Waals surface area contributed by atoms with Crippen LogP contribution in [0.2, 0.25) is 0 Å². The van der Waals surface area contributed by atoms with Gasteiger partial charge in [0.15, 0.2) is 11.3 Å². The number of nitrogens with zero attached hydrogens (tertiary/aromatic N) is 3. The molecule has 0 unspecified atom stereocenters. The fourth-order valence-electron chi connectivity index (χ4n) is 3.16. The van der Waals surface area contributed by atoms with Crippen molar-refractivity contribution in [3.8, 4) is 5.75 Å². The zero-order valence-electron chi connectivity index (χ0n) is 15.5. The second kappa shape index (κ2) is 7.69. The van der Waals surface area contributed by atoms with Crippen LogP contribution in [0.15, 0.2) is 16.7 Å². The quantitative estimate of drug-likeness (QED) is 0.527. The Morgan fingerprint density at radius 3 is 2.64 bits per heavy atom. The van der Waals surface area contributed by atoms with E-state index in [1.54, 1.807) is 7.05 Å². The normalized spacial score (nSPS) is 15.2. The summed E-state index contributed by atoms with van der Waals surface area (Å²) in [5.74, 6) is 0.150. The van der Waals surface area contributed by atoms with E-state index < -0.39 is 11.9 Å². The SMILES string of the molecule is CCCc1c(OCCCN2C(=O)CN(C)C2=O)ccc2c(C(F)(F)F)noc12. The van der Waals surface area contributed by atoms with Gasteiger partial charge in [0.25, 0.3) is 0 Å². The molecule has 1 saturated heterocycles. The lowest BCUT2D eigenvalue weighted by molar-refractivity contribution is -0.141. The van der Waals surface area contributed by atoms with Crippen LogP contribution in [0, 0.1) is 0 Å². The average molecular weight is 399 g/mol. The third-order valence-corrected chi connectivity index (χ3v) is 4.48. The van der Waals surface area contributed by atoms with Gasteiger partial charge in [0.2, 0.25) is 5.91 Å². The maximum atomic E-state index is 13.0. The highest BCUT2D eigenvalue weighted by atomic mass is 19.4. The minimum atomic E-state index is -4.60. The summed E-state index contributed by atoms with van der Waals surface area (Å²) in [4.78, 5) is 26.1. The number of aromatic nitrogens is 1. The summed E-state index contributed by atoms with van der Waals surface area (Å²) < 4.78 is 49.8. The molecule has 7 nitrogen and oxygen atoms in total. The molecule has 0 N–H and O–H groups in total. The van der Waals surface area contributed by atoms with Gasteiger partial charge in [-0.3, -0.25) is 9.69 Å². The second-order valence-electron chi connectivity index (χ2n) is 6.58. The molecule has 3 amide bonds. The maximum Gasteiger partial charge on any atom is 0.437 e. The van der Waals surface area contributed by atoms with Gasteiger partial charge in [0.1, 0.15) is 12.3 Å². The number of benzene rings is 1. The van der Waals surface area contributed by atoms with E-state index in [-0.39, 0.29) is 42.6 Å². The number of ether oxygens (including phenoxy) is 1. The van der Waals surface area contributed by atoms with Crippen LogP contribution >= 0.6 is 0 Å². The van der Waals surface area contributed by atoms with Gasteiger partial charge in [0.05, 0.1) is 12.0 Å². The predicted octanol–water partition coefficient (Wildman–Crippen LogP) is 3.46. The molecule has 0 radical (unpaired) electrons. The molecular formula is C18H20F3N3O4. The third kappa shape index (κ3) is 3.76. The molecule has 2 aromatic rings. The van der Waals surface area contributed by atoms with Crippen molar-refractivity contribution in [3.05, 3.63) is 23.4 Å². The highest BCUT2D eigenvalue weighted by Gasteiger charge is 2.38. The third-order valence-electron chi connectivity index (χ3n) is 4.48. The van der Waals surface area contributed by atoms with Crippen molar-refractivity contribution in [2.45, 2.75) is 32.4 Å². The number of likely N-dealkylation sites (N-methyl/N-ethyl adjacent to an activating group) is 1. The van der Waals surface area contributed by atoms with Crippen LogP contribution in [0.4, 0.5) is 18.0 Å². The Balaban J connectivity index is 1.71. The van der Waals surface area contributed by atoms with Crippen molar-refractivity contribution in [1.29, 1.82) is 0 Å². The van der Waals surface area contributed by atoms with Gasteiger partial charge in [-0.25, -0.2) is 4.79 Å². The lowest BCUT2D eigenvalue weighted by atomic mass is 10.0. The van der Waals surface area contributed by atoms with Crippen LogP contribution in [0.3, 0.4) is 0 Å². The number of rotatable bonds is 7. The fraction of sp³-hybridized carbons (Fsp3) is 0.500. The van der Waals surface area contributed by atoms with E-state index in [1.807, 2.05) is 6.92 Å². The fourth-order valence-corrected chi connectivity index (χ4v) is 3.16. The molecular weight excluding hydrogens is 379 g/mol. The van der Waals surface area contributed by atoms with Crippen LogP contribution in [-0.2, 0) is 17.4 Å². The summed E-state index contributed by atoms with van der Waals surface area (Å²) in [5.41, 5.74) is -0.462. The number of carbonyl (C=O) groups excluding carboxylic acids is 2. The average Bonchev–Trinajstić information content (AvgIpc) is 3.16. The molecule has 1 aromatic carbocycles. The van der Waals surface area contributed by atoms with E-state index in [4.69, 9.17) is 9.26 Å². The summed E-state index contributed by atoms with van der Waals surface area (Å²) in [6.45, 7) is 2.37. The Bertz CT molecular complexity index is 894. The van der Waals surface area contributed by atoms with Gasteiger partial charge < -0.3 is 14.2 Å². The summed E-state index contributed by atoms with van der Waals surface area (Å²) in [7, 11) is 1.55. The van der Waals surface area contributed by atoms with Crippen molar-refractivity contribution in [1.82, 2.24) is 15.0 Å². The Kier molecular flexibility index (Phi) is 5.48. The molecule has 0 saturated carbocycles. The molecule has 1 aliphatic rings. The van der Waals surface area contributed by atoms with Crippen LogP contribution in [0.5, 0.6) is 5.75 Å². The number of carbonyl (C=O) groups is 2. The first-order chi connectivity index (χ1) is 13.2. The minimum Gasteiger partial charge on any atom is -0.493 e. The summed E-state index contributed by atoms with van der Waals surface area (Å²) in [6, 6.07) is 2.41. The molecule has 0 aliphatic carbocycles. The molecule has 1 aliphatic heterocycles. The van der Waals surface area contributed by atoms with Gasteiger partial charge in [-0.2, -0.15) is 13.2 Å². The van der Waals surface area contributed by atoms with Crippen molar-refractivity contribution in [2.75, 3.05) is 26.7 Å². The molecule has 2 heterocycles. The van der Waals surface area contributed by atoms with Gasteiger partial charge in [-0.1, -0.05) is 18.5 Å². The van der Waals surface area contributed by atoms with E-state index in [0.717, 1.165) is 4.90 Å². The number of imide groups is 1. The molecule has 10 heteroatoms. The number of hydrogen-bond donors (Lipinski definition) is 0. The smallest absolute Gasteiger partial charge is 0.437 e. The van der Waals surface area contributed by atoms with E-state index >= 15 is 0 Å². The largest absolute Gasteiger partial charge is 0.493 e. The number of amides is 3. The second-order valence-corrected chi connectivity index (χ2v) is 6.58. The highest BCUT2D eigenvalue weighted by Crippen LogP contribution is 2.38. The van der Waals surface area contributed by atoms with Gasteiger partial charge in [0, 0.05) is 19.2 Å². The molecule has 0 bridgehead atoms. The van der Waals surface area contributed by atoms with E-state index in [1.165, 1.54) is 17.0 Å². The molecule has 152 valence electrons. The summed E-state index contributed by atoms with van der Waals surface area (Å²) in [6.07, 6.45) is -3.05. The number of aryl methyl sites for hydroxylation is 1. The molecule has 0 atom stereocenters. The van der Waals surface area contributed by atoms with Gasteiger partial charge in [-0.15, -0.1) is 0 Å². The zero-order chi connectivity index (χ0) is 20.5. The van der Waals surface area contributed by atoms with Crippen LogP contribution in [-0.4, -0.2) is 53.6 Å². The molecule has 0 spiro atoms. The Morgan fingerprint density at radius 1 is 1.29 bits per heavy atom. The van der Waals surface area contributed by atoms with E-state index in [0.29, 0.717) is 30.6 Å². The first-order valence-electron chi connectivity index (χ1n) is 8.90. The zero-order valence-corrected chi connectivity index (χ0v) is 15.5. The topological polar surface area (TPSA) is 75.9 Å². The van der Waals surface area contributed by atoms with E-state index in [9.17, 15) is 22.8 Å². The standard InChI is InChI=1S/C18H20F3N3O4/c1-3-5-11-13(7-6-12-15(11)28-22-16(12)18(19,20)21)27-9-4-8-24-14(25)10-23(2)17(24)26/h6-7H,3-5,8-10H2,1-2H3. The number of alkyl halides is 3. The molecule has 1 aromatic heterocycles. The van der Waals surface area contributed by atoms with Gasteiger partial charge in [-0.05, 0) is 25.0 Å². The lowest BCUT2D eigenvalue weighted by Crippen LogP contribution is -2.33.